The molecule has 4 nitrogen and oxygen atoms in total. The minimum atomic E-state index is 0.641. The number of imidazole rings is 1. The number of para-hydroxylation sites is 3. The summed E-state index contributed by atoms with van der Waals surface area (Å²) in [5, 5.41) is 0. The molecule has 0 radical (unpaired) electrons. The summed E-state index contributed by atoms with van der Waals surface area (Å²) < 4.78 is 13.7. The quantitative estimate of drug-likeness (QED) is 0.263. The lowest BCUT2D eigenvalue weighted by Crippen LogP contribution is -2.07. The summed E-state index contributed by atoms with van der Waals surface area (Å²) in [6.45, 7) is 5.29. The van der Waals surface area contributed by atoms with E-state index in [0.29, 0.717) is 6.61 Å². The van der Waals surface area contributed by atoms with Crippen LogP contribution in [0.3, 0.4) is 0 Å². The number of aromatic nitrogens is 2. The van der Waals surface area contributed by atoms with Crippen molar-refractivity contribution in [2.75, 3.05) is 6.61 Å². The van der Waals surface area contributed by atoms with E-state index in [1.807, 2.05) is 66.8 Å². The Morgan fingerprint density at radius 3 is 2.72 bits per heavy atom. The molecule has 29 heavy (non-hydrogen) atoms. The van der Waals surface area contributed by atoms with Crippen LogP contribution in [0.2, 0.25) is 0 Å². The van der Waals surface area contributed by atoms with E-state index >= 15 is 0 Å². The molecule has 4 heteroatoms. The van der Waals surface area contributed by atoms with Gasteiger partial charge < -0.3 is 13.7 Å². The van der Waals surface area contributed by atoms with Crippen LogP contribution in [0.15, 0.2) is 84.0 Å². The second-order valence-electron chi connectivity index (χ2n) is 6.76. The first-order valence-electron chi connectivity index (χ1n) is 9.83. The molecule has 4 rings (SSSR count). The van der Waals surface area contributed by atoms with Gasteiger partial charge in [-0.2, -0.15) is 0 Å². The van der Waals surface area contributed by atoms with Crippen LogP contribution in [0.5, 0.6) is 5.75 Å². The molecule has 2 aromatic carbocycles. The number of rotatable bonds is 9. The molecular formula is C25H24N2O2. The summed E-state index contributed by atoms with van der Waals surface area (Å²) in [7, 11) is 0. The van der Waals surface area contributed by atoms with Gasteiger partial charge in [0, 0.05) is 6.54 Å². The van der Waals surface area contributed by atoms with Crippen molar-refractivity contribution in [1.82, 2.24) is 9.55 Å². The Bertz CT molecular complexity index is 1110. The van der Waals surface area contributed by atoms with Gasteiger partial charge in [-0.1, -0.05) is 36.4 Å². The van der Waals surface area contributed by atoms with Crippen LogP contribution < -0.4 is 4.74 Å². The standard InChI is InChI=1S/C25H24N2O2/c1-2-9-20-10-3-6-14-24(20)29-19-8-17-27-23-13-5-4-12-22(23)26-25(27)16-15-21-11-7-18-28-21/h2-7,10-16,18H,1,8-9,17,19H2/b16-15+. The van der Waals surface area contributed by atoms with Gasteiger partial charge in [-0.15, -0.1) is 6.58 Å². The molecule has 0 saturated carbocycles. The van der Waals surface area contributed by atoms with Gasteiger partial charge in [-0.05, 0) is 60.9 Å². The van der Waals surface area contributed by atoms with Crippen LogP contribution in [-0.2, 0) is 13.0 Å². The average molecular weight is 384 g/mol. The molecule has 0 spiro atoms. The predicted molar refractivity (Wildman–Crippen MR) is 118 cm³/mol. The molecule has 0 atom stereocenters. The van der Waals surface area contributed by atoms with E-state index in [-0.39, 0.29) is 0 Å². The van der Waals surface area contributed by atoms with Crippen molar-refractivity contribution >= 4 is 23.2 Å². The van der Waals surface area contributed by atoms with Crippen LogP contribution in [0.4, 0.5) is 0 Å². The number of nitrogens with zero attached hydrogens (tertiary/aromatic N) is 2. The van der Waals surface area contributed by atoms with Crippen LogP contribution in [0, 0.1) is 0 Å². The Balaban J connectivity index is 1.47. The monoisotopic (exact) mass is 384 g/mol. The molecule has 0 aliphatic rings. The third-order valence-corrected chi connectivity index (χ3v) is 4.74. The largest absolute Gasteiger partial charge is 0.493 e. The zero-order valence-electron chi connectivity index (χ0n) is 16.3. The first-order valence-corrected chi connectivity index (χ1v) is 9.83. The Kier molecular flexibility index (Phi) is 5.91. The number of ether oxygens (including phenoxy) is 1. The zero-order valence-corrected chi connectivity index (χ0v) is 16.3. The molecule has 0 N–H and O–H groups in total. The van der Waals surface area contributed by atoms with Gasteiger partial charge in [0.1, 0.15) is 17.3 Å². The van der Waals surface area contributed by atoms with E-state index in [2.05, 4.69) is 23.3 Å². The molecule has 0 unspecified atom stereocenters. The van der Waals surface area contributed by atoms with Gasteiger partial charge in [0.25, 0.3) is 0 Å². The van der Waals surface area contributed by atoms with Crippen molar-refractivity contribution in [2.45, 2.75) is 19.4 Å². The molecule has 0 amide bonds. The fraction of sp³-hybridized carbons (Fsp3) is 0.160. The number of hydrogen-bond acceptors (Lipinski definition) is 3. The first kappa shape index (κ1) is 18.8. The summed E-state index contributed by atoms with van der Waals surface area (Å²) >= 11 is 0. The minimum absolute atomic E-state index is 0.641. The predicted octanol–water partition coefficient (Wildman–Crippen LogP) is 6.00. The summed E-state index contributed by atoms with van der Waals surface area (Å²) in [4.78, 5) is 4.77. The van der Waals surface area contributed by atoms with E-state index < -0.39 is 0 Å². The SMILES string of the molecule is C=CCc1ccccc1OCCCn1c(/C=C/c2ccco2)nc2ccccc21. The zero-order chi connectivity index (χ0) is 19.9. The highest BCUT2D eigenvalue weighted by Gasteiger charge is 2.08. The number of fused-ring (bicyclic) bond motifs is 1. The second kappa shape index (κ2) is 9.11. The molecule has 146 valence electrons. The Morgan fingerprint density at radius 2 is 1.86 bits per heavy atom. The number of benzene rings is 2. The average Bonchev–Trinajstić information content (AvgIpc) is 3.39. The van der Waals surface area contributed by atoms with E-state index in [9.17, 15) is 0 Å². The highest BCUT2D eigenvalue weighted by atomic mass is 16.5. The van der Waals surface area contributed by atoms with Crippen LogP contribution in [0.25, 0.3) is 23.2 Å². The van der Waals surface area contributed by atoms with E-state index in [1.165, 1.54) is 0 Å². The Hall–Kier alpha value is -3.53. The van der Waals surface area contributed by atoms with E-state index in [1.54, 1.807) is 6.26 Å². The highest BCUT2D eigenvalue weighted by molar-refractivity contribution is 5.79. The highest BCUT2D eigenvalue weighted by Crippen LogP contribution is 2.21. The van der Waals surface area contributed by atoms with Gasteiger partial charge in [-0.3, -0.25) is 0 Å². The van der Waals surface area contributed by atoms with E-state index in [4.69, 9.17) is 14.1 Å². The third-order valence-electron chi connectivity index (χ3n) is 4.74. The third kappa shape index (κ3) is 4.49. The molecular weight excluding hydrogens is 360 g/mol. The number of allylic oxidation sites excluding steroid dienone is 1. The summed E-state index contributed by atoms with van der Waals surface area (Å²) in [5.74, 6) is 2.65. The van der Waals surface area contributed by atoms with Gasteiger partial charge in [0.15, 0.2) is 0 Å². The molecule has 0 aliphatic heterocycles. The maximum absolute atomic E-state index is 6.04. The van der Waals surface area contributed by atoms with Crippen LogP contribution in [-0.4, -0.2) is 16.2 Å². The van der Waals surface area contributed by atoms with Gasteiger partial charge in [-0.25, -0.2) is 4.98 Å². The van der Waals surface area contributed by atoms with Crippen molar-refractivity contribution in [2.24, 2.45) is 0 Å². The van der Waals surface area contributed by atoms with Gasteiger partial charge >= 0.3 is 0 Å². The summed E-state index contributed by atoms with van der Waals surface area (Å²) in [6, 6.07) is 20.1. The number of aryl methyl sites for hydroxylation is 1. The maximum Gasteiger partial charge on any atom is 0.133 e. The van der Waals surface area contributed by atoms with E-state index in [0.717, 1.165) is 53.3 Å². The van der Waals surface area contributed by atoms with Crippen LogP contribution in [0.1, 0.15) is 23.6 Å². The summed E-state index contributed by atoms with van der Waals surface area (Å²) in [5.41, 5.74) is 3.28. The van der Waals surface area contributed by atoms with Crippen molar-refractivity contribution in [1.29, 1.82) is 0 Å². The number of hydrogen-bond donors (Lipinski definition) is 0. The smallest absolute Gasteiger partial charge is 0.133 e. The van der Waals surface area contributed by atoms with Gasteiger partial charge in [0.2, 0.25) is 0 Å². The lowest BCUT2D eigenvalue weighted by molar-refractivity contribution is 0.300. The second-order valence-corrected chi connectivity index (χ2v) is 6.76. The molecule has 0 aliphatic carbocycles. The fourth-order valence-electron chi connectivity index (χ4n) is 3.37. The maximum atomic E-state index is 6.04. The lowest BCUT2D eigenvalue weighted by atomic mass is 10.1. The molecule has 2 aromatic heterocycles. The van der Waals surface area contributed by atoms with Crippen molar-refractivity contribution in [3.05, 3.63) is 96.7 Å². The molecule has 0 saturated heterocycles. The fourth-order valence-corrected chi connectivity index (χ4v) is 3.37. The Morgan fingerprint density at radius 1 is 1.00 bits per heavy atom. The van der Waals surface area contributed by atoms with Crippen molar-refractivity contribution < 1.29 is 9.15 Å². The topological polar surface area (TPSA) is 40.2 Å². The first-order chi connectivity index (χ1) is 14.3. The summed E-state index contributed by atoms with van der Waals surface area (Å²) in [6.07, 6.45) is 9.20. The molecule has 2 heterocycles. The van der Waals surface area contributed by atoms with Crippen molar-refractivity contribution in [3.63, 3.8) is 0 Å². The van der Waals surface area contributed by atoms with Gasteiger partial charge in [0.05, 0.1) is 23.9 Å². The molecule has 0 fully saturated rings. The molecule has 0 bridgehead atoms. The van der Waals surface area contributed by atoms with Crippen LogP contribution >= 0.6 is 0 Å². The Labute approximate surface area is 170 Å². The normalized spacial score (nSPS) is 11.3. The lowest BCUT2D eigenvalue weighted by Gasteiger charge is -2.11. The number of furan rings is 1. The van der Waals surface area contributed by atoms with Crippen molar-refractivity contribution in [3.8, 4) is 5.75 Å². The molecule has 4 aromatic rings. The minimum Gasteiger partial charge on any atom is -0.493 e.